The standard InChI is InChI=1S/C34H37Cl2NO3/c1-4-6-11-30-29(31-23-27(36)16-13-24(31)3)19-21-37(34(38)40-32-12-8-7-10-25(32)5-2)33(30)26-14-17-28(18-15-26)39-22-9-20-35/h5,7-8,10,12-18,23,33H,2,4,6,9,11,19-22H2,1,3H3. The summed E-state index contributed by atoms with van der Waals surface area (Å²) in [7, 11) is 0. The Labute approximate surface area is 248 Å². The van der Waals surface area contributed by atoms with Gasteiger partial charge in [0.05, 0.1) is 12.6 Å². The van der Waals surface area contributed by atoms with Crippen LogP contribution in [0, 0.1) is 6.92 Å². The number of ether oxygens (including phenoxy) is 2. The lowest BCUT2D eigenvalue weighted by molar-refractivity contribution is 0.136. The molecule has 1 amide bonds. The van der Waals surface area contributed by atoms with Gasteiger partial charge < -0.3 is 9.47 Å². The first-order valence-electron chi connectivity index (χ1n) is 13.9. The highest BCUT2D eigenvalue weighted by Crippen LogP contribution is 2.44. The van der Waals surface area contributed by atoms with Crippen LogP contribution in [0.4, 0.5) is 4.79 Å². The van der Waals surface area contributed by atoms with Gasteiger partial charge in [-0.05, 0) is 90.8 Å². The molecule has 6 heteroatoms. The highest BCUT2D eigenvalue weighted by molar-refractivity contribution is 6.30. The minimum atomic E-state index is -0.377. The van der Waals surface area contributed by atoms with Crippen molar-refractivity contribution >= 4 is 40.9 Å². The molecule has 0 saturated heterocycles. The quantitative estimate of drug-likeness (QED) is 0.168. The average Bonchev–Trinajstić information content (AvgIpc) is 2.97. The van der Waals surface area contributed by atoms with Crippen molar-refractivity contribution < 1.29 is 14.3 Å². The van der Waals surface area contributed by atoms with Gasteiger partial charge in [0.1, 0.15) is 11.5 Å². The number of amides is 1. The van der Waals surface area contributed by atoms with E-state index in [1.54, 1.807) is 12.1 Å². The maximum Gasteiger partial charge on any atom is 0.416 e. The van der Waals surface area contributed by atoms with E-state index in [1.165, 1.54) is 16.7 Å². The van der Waals surface area contributed by atoms with E-state index in [2.05, 4.69) is 44.7 Å². The molecule has 0 radical (unpaired) electrons. The van der Waals surface area contributed by atoms with E-state index in [0.717, 1.165) is 48.1 Å². The first-order chi connectivity index (χ1) is 19.5. The molecule has 1 atom stereocenters. The van der Waals surface area contributed by atoms with Crippen LogP contribution in [-0.4, -0.2) is 30.0 Å². The third-order valence-corrected chi connectivity index (χ3v) is 7.77. The van der Waals surface area contributed by atoms with Crippen molar-refractivity contribution in [2.24, 2.45) is 0 Å². The zero-order valence-corrected chi connectivity index (χ0v) is 24.8. The Bertz CT molecular complexity index is 1350. The van der Waals surface area contributed by atoms with E-state index >= 15 is 0 Å². The van der Waals surface area contributed by atoms with Crippen LogP contribution in [0.1, 0.15) is 67.3 Å². The van der Waals surface area contributed by atoms with E-state index in [0.29, 0.717) is 36.2 Å². The van der Waals surface area contributed by atoms with Crippen molar-refractivity contribution in [1.29, 1.82) is 0 Å². The smallest absolute Gasteiger partial charge is 0.416 e. The monoisotopic (exact) mass is 577 g/mol. The van der Waals surface area contributed by atoms with E-state index < -0.39 is 0 Å². The number of hydrogen-bond acceptors (Lipinski definition) is 3. The van der Waals surface area contributed by atoms with E-state index in [1.807, 2.05) is 41.3 Å². The van der Waals surface area contributed by atoms with Crippen LogP contribution in [0.25, 0.3) is 11.6 Å². The van der Waals surface area contributed by atoms with Gasteiger partial charge in [0.15, 0.2) is 0 Å². The topological polar surface area (TPSA) is 38.8 Å². The van der Waals surface area contributed by atoms with Crippen molar-refractivity contribution in [2.75, 3.05) is 19.0 Å². The number of carbonyl (C=O) groups excluding carboxylic acids is 1. The molecular formula is C34H37Cl2NO3. The minimum absolute atomic E-state index is 0.283. The predicted molar refractivity (Wildman–Crippen MR) is 167 cm³/mol. The second-order valence-electron chi connectivity index (χ2n) is 9.98. The minimum Gasteiger partial charge on any atom is -0.494 e. The van der Waals surface area contributed by atoms with Gasteiger partial charge in [-0.15, -0.1) is 11.6 Å². The molecule has 3 aromatic carbocycles. The Morgan fingerprint density at radius 3 is 2.60 bits per heavy atom. The van der Waals surface area contributed by atoms with Crippen LogP contribution < -0.4 is 9.47 Å². The SMILES string of the molecule is C=Cc1ccccc1OC(=O)N1CCC(c2cc(Cl)ccc2C)=C(CCCC)C1c1ccc(OCCCCl)cc1. The summed E-state index contributed by atoms with van der Waals surface area (Å²) in [5.74, 6) is 1.84. The summed E-state index contributed by atoms with van der Waals surface area (Å²) in [5.41, 5.74) is 6.60. The second-order valence-corrected chi connectivity index (χ2v) is 10.8. The molecule has 0 bridgehead atoms. The Hall–Kier alpha value is -3.21. The van der Waals surface area contributed by atoms with Gasteiger partial charge in [-0.2, -0.15) is 0 Å². The fourth-order valence-electron chi connectivity index (χ4n) is 5.22. The van der Waals surface area contributed by atoms with Gasteiger partial charge in [-0.25, -0.2) is 4.79 Å². The lowest BCUT2D eigenvalue weighted by atomic mass is 9.81. The normalized spacial score (nSPS) is 15.2. The summed E-state index contributed by atoms with van der Waals surface area (Å²) in [6.45, 7) is 9.26. The second kappa shape index (κ2) is 14.4. The number of aryl methyl sites for hydroxylation is 1. The van der Waals surface area contributed by atoms with Crippen LogP contribution in [0.2, 0.25) is 5.02 Å². The van der Waals surface area contributed by atoms with Crippen molar-refractivity contribution in [3.8, 4) is 11.5 Å². The Kier molecular flexibility index (Phi) is 10.7. The number of halogens is 2. The largest absolute Gasteiger partial charge is 0.494 e. The van der Waals surface area contributed by atoms with E-state index in [9.17, 15) is 4.79 Å². The molecule has 0 spiro atoms. The number of rotatable bonds is 11. The number of unbranched alkanes of at least 4 members (excludes halogenated alkanes) is 1. The maximum atomic E-state index is 13.8. The number of alkyl halides is 1. The third kappa shape index (κ3) is 7.10. The molecule has 0 saturated carbocycles. The van der Waals surface area contributed by atoms with E-state index in [4.69, 9.17) is 32.7 Å². The van der Waals surface area contributed by atoms with Crippen molar-refractivity contribution in [1.82, 2.24) is 4.90 Å². The van der Waals surface area contributed by atoms with Crippen molar-refractivity contribution in [3.63, 3.8) is 0 Å². The Morgan fingerprint density at radius 2 is 1.88 bits per heavy atom. The van der Waals surface area contributed by atoms with Crippen LogP contribution in [-0.2, 0) is 0 Å². The lowest BCUT2D eigenvalue weighted by Crippen LogP contribution is -2.41. The van der Waals surface area contributed by atoms with Gasteiger partial charge in [0, 0.05) is 23.0 Å². The van der Waals surface area contributed by atoms with Crippen molar-refractivity contribution in [3.05, 3.63) is 106 Å². The summed E-state index contributed by atoms with van der Waals surface area (Å²) >= 11 is 12.3. The molecule has 1 heterocycles. The van der Waals surface area contributed by atoms with E-state index in [-0.39, 0.29) is 12.1 Å². The molecule has 1 aliphatic rings. The van der Waals surface area contributed by atoms with Crippen LogP contribution in [0.15, 0.2) is 78.9 Å². The van der Waals surface area contributed by atoms with Crippen molar-refractivity contribution in [2.45, 2.75) is 52.0 Å². The van der Waals surface area contributed by atoms with Gasteiger partial charge >= 0.3 is 6.09 Å². The number of carbonyl (C=O) groups is 1. The first-order valence-corrected chi connectivity index (χ1v) is 14.8. The molecule has 1 unspecified atom stereocenters. The first kappa shape index (κ1) is 29.8. The molecular weight excluding hydrogens is 541 g/mol. The third-order valence-electron chi connectivity index (χ3n) is 7.27. The molecule has 4 nitrogen and oxygen atoms in total. The maximum absolute atomic E-state index is 13.8. The number of para-hydroxylation sites is 1. The zero-order chi connectivity index (χ0) is 28.5. The summed E-state index contributed by atoms with van der Waals surface area (Å²) in [4.78, 5) is 15.7. The Balaban J connectivity index is 1.79. The average molecular weight is 579 g/mol. The zero-order valence-electron chi connectivity index (χ0n) is 23.3. The fraction of sp³-hybridized carbons (Fsp3) is 0.324. The van der Waals surface area contributed by atoms with Gasteiger partial charge in [-0.3, -0.25) is 4.90 Å². The molecule has 1 aliphatic heterocycles. The fourth-order valence-corrected chi connectivity index (χ4v) is 5.50. The molecule has 0 fully saturated rings. The predicted octanol–water partition coefficient (Wildman–Crippen LogP) is 9.89. The number of benzene rings is 3. The summed E-state index contributed by atoms with van der Waals surface area (Å²) in [6, 6.07) is 21.3. The molecule has 210 valence electrons. The highest BCUT2D eigenvalue weighted by atomic mass is 35.5. The summed E-state index contributed by atoms with van der Waals surface area (Å²) < 4.78 is 11.8. The molecule has 3 aromatic rings. The molecule has 0 aliphatic carbocycles. The molecule has 0 aromatic heterocycles. The van der Waals surface area contributed by atoms with Crippen LogP contribution in [0.3, 0.4) is 0 Å². The lowest BCUT2D eigenvalue weighted by Gasteiger charge is -2.39. The molecule has 40 heavy (non-hydrogen) atoms. The molecule has 0 N–H and O–H groups in total. The highest BCUT2D eigenvalue weighted by Gasteiger charge is 2.35. The molecule has 4 rings (SSSR count). The van der Waals surface area contributed by atoms with Crippen LogP contribution in [0.5, 0.6) is 11.5 Å². The van der Waals surface area contributed by atoms with Gasteiger partial charge in [-0.1, -0.05) is 74.0 Å². The van der Waals surface area contributed by atoms with Gasteiger partial charge in [0.25, 0.3) is 0 Å². The number of nitrogens with zero attached hydrogens (tertiary/aromatic N) is 1. The number of hydrogen-bond donors (Lipinski definition) is 0. The summed E-state index contributed by atoms with van der Waals surface area (Å²) in [6.07, 6.45) is 5.74. The Morgan fingerprint density at radius 1 is 1.10 bits per heavy atom. The van der Waals surface area contributed by atoms with Crippen LogP contribution >= 0.6 is 23.2 Å². The summed E-state index contributed by atoms with van der Waals surface area (Å²) in [5, 5.41) is 0.709. The van der Waals surface area contributed by atoms with Gasteiger partial charge in [0.2, 0.25) is 0 Å².